The maximum absolute atomic E-state index is 8.06. The van der Waals surface area contributed by atoms with Crippen LogP contribution in [0.4, 0.5) is 5.69 Å². The minimum absolute atomic E-state index is 0.256. The predicted octanol–water partition coefficient (Wildman–Crippen LogP) is 1.12. The van der Waals surface area contributed by atoms with E-state index in [4.69, 9.17) is 25.3 Å². The first-order chi connectivity index (χ1) is 14.0. The highest BCUT2D eigenvalue weighted by Gasteiger charge is 2.09. The standard InChI is InChI=1S/C13H20N2O2/c1-16-10-11-17-13-4-2-12(3-5-13)15-8-6-14-7-9-15/h2-5,14H,6-11H2,1H3/i1D3,6D2,7D2,8D2,9D2,10D2,11D2. The second-order valence-electron chi connectivity index (χ2n) is 2.84. The van der Waals surface area contributed by atoms with Crippen LogP contribution in [0.5, 0.6) is 5.75 Å². The first-order valence-corrected chi connectivity index (χ1v) is 4.56. The summed E-state index contributed by atoms with van der Waals surface area (Å²) in [6.45, 7) is -18.9. The van der Waals surface area contributed by atoms with E-state index < -0.39 is 46.1 Å². The van der Waals surface area contributed by atoms with Crippen LogP contribution in [-0.2, 0) is 4.74 Å². The monoisotopic (exact) mass is 251 g/mol. The number of ether oxygens (including phenoxy) is 2. The van der Waals surface area contributed by atoms with Gasteiger partial charge in [0.2, 0.25) is 0 Å². The van der Waals surface area contributed by atoms with E-state index in [1.807, 2.05) is 0 Å². The number of methoxy groups -OCH3 is 1. The van der Waals surface area contributed by atoms with Gasteiger partial charge in [0.25, 0.3) is 0 Å². The van der Waals surface area contributed by atoms with Crippen LogP contribution >= 0.6 is 0 Å². The average Bonchev–Trinajstić information content (AvgIpc) is 2.51. The lowest BCUT2D eigenvalue weighted by Crippen LogP contribution is -2.43. The Morgan fingerprint density at radius 3 is 2.82 bits per heavy atom. The molecule has 1 aliphatic heterocycles. The van der Waals surface area contributed by atoms with Gasteiger partial charge in [0, 0.05) is 44.2 Å². The average molecular weight is 251 g/mol. The van der Waals surface area contributed by atoms with E-state index in [0.717, 1.165) is 24.3 Å². The number of rotatable bonds is 5. The van der Waals surface area contributed by atoms with E-state index in [1.165, 1.54) is 0 Å². The first-order valence-electron chi connectivity index (χ1n) is 12.1. The van der Waals surface area contributed by atoms with Gasteiger partial charge >= 0.3 is 0 Å². The molecule has 0 aromatic heterocycles. The van der Waals surface area contributed by atoms with Gasteiger partial charge in [0.15, 0.2) is 0 Å². The Balaban J connectivity index is 2.39. The van der Waals surface area contributed by atoms with E-state index >= 15 is 0 Å². The Morgan fingerprint density at radius 1 is 1.35 bits per heavy atom. The van der Waals surface area contributed by atoms with Gasteiger partial charge in [-0.1, -0.05) is 0 Å². The third-order valence-corrected chi connectivity index (χ3v) is 1.82. The number of nitrogens with one attached hydrogen (secondary N) is 1. The van der Waals surface area contributed by atoms with Crippen LogP contribution in [-0.4, -0.2) is 46.1 Å². The van der Waals surface area contributed by atoms with Crippen molar-refractivity contribution in [1.82, 2.24) is 5.32 Å². The maximum Gasteiger partial charge on any atom is 0.119 e. The molecule has 1 aromatic carbocycles. The molecule has 1 saturated heterocycles. The van der Waals surface area contributed by atoms with Gasteiger partial charge in [-0.15, -0.1) is 0 Å². The van der Waals surface area contributed by atoms with E-state index in [1.54, 1.807) is 5.32 Å². The molecule has 17 heavy (non-hydrogen) atoms. The molecular weight excluding hydrogens is 216 g/mol. The van der Waals surface area contributed by atoms with Crippen LogP contribution in [0, 0.1) is 0 Å². The fraction of sp³-hybridized carbons (Fsp3) is 0.538. The van der Waals surface area contributed by atoms with Crippen molar-refractivity contribution in [3.8, 4) is 5.75 Å². The van der Waals surface area contributed by atoms with Crippen LogP contribution in [0.15, 0.2) is 24.3 Å². The third-order valence-electron chi connectivity index (χ3n) is 1.82. The van der Waals surface area contributed by atoms with E-state index in [0.29, 0.717) is 0 Å². The van der Waals surface area contributed by atoms with Crippen molar-refractivity contribution >= 4 is 5.69 Å². The number of nitrogens with zero attached hydrogens (tertiary/aromatic N) is 1. The smallest absolute Gasteiger partial charge is 0.119 e. The summed E-state index contributed by atoms with van der Waals surface area (Å²) in [6.07, 6.45) is 0. The van der Waals surface area contributed by atoms with Crippen molar-refractivity contribution < 1.29 is 30.0 Å². The van der Waals surface area contributed by atoms with Crippen molar-refractivity contribution in [2.75, 3.05) is 51.0 Å². The van der Waals surface area contributed by atoms with Crippen molar-refractivity contribution in [3.05, 3.63) is 24.3 Å². The molecule has 0 spiro atoms. The number of benzene rings is 1. The van der Waals surface area contributed by atoms with Crippen molar-refractivity contribution in [2.45, 2.75) is 0 Å². The van der Waals surface area contributed by atoms with Crippen LogP contribution in [0.3, 0.4) is 0 Å². The Kier molecular flexibility index (Phi) is 1.29. The van der Waals surface area contributed by atoms with E-state index in [2.05, 4.69) is 4.74 Å². The largest absolute Gasteiger partial charge is 0.491 e. The lowest BCUT2D eigenvalue weighted by atomic mass is 10.2. The van der Waals surface area contributed by atoms with Gasteiger partial charge in [-0.05, 0) is 24.3 Å². The van der Waals surface area contributed by atoms with E-state index in [-0.39, 0.29) is 16.3 Å². The normalized spacial score (nSPS) is 43.3. The van der Waals surface area contributed by atoms with Gasteiger partial charge in [-0.2, -0.15) is 0 Å². The van der Waals surface area contributed by atoms with Crippen LogP contribution < -0.4 is 15.0 Å². The topological polar surface area (TPSA) is 33.7 Å². The molecule has 1 N–H and O–H groups in total. The number of hydrogen-bond acceptors (Lipinski definition) is 4. The molecule has 1 fully saturated rings. The molecule has 0 bridgehead atoms. The SMILES string of the molecule is [2H]C([2H])([2H])OC([2H])([2H])C([2H])([2H])Oc1ccc(N2C([2H])([2H])C([2H])([2H])NC([2H])([2H])C2([2H])[2H])cc1. The van der Waals surface area contributed by atoms with Crippen molar-refractivity contribution in [2.24, 2.45) is 0 Å². The van der Waals surface area contributed by atoms with Gasteiger partial charge in [0.1, 0.15) is 12.3 Å². The first kappa shape index (κ1) is 3.39. The highest BCUT2D eigenvalue weighted by molar-refractivity contribution is 5.49. The van der Waals surface area contributed by atoms with Crippen LogP contribution in [0.2, 0.25) is 0 Å². The minimum Gasteiger partial charge on any atom is -0.491 e. The summed E-state index contributed by atoms with van der Waals surface area (Å²) in [4.78, 5) is 0.256. The highest BCUT2D eigenvalue weighted by atomic mass is 16.5. The van der Waals surface area contributed by atoms with Gasteiger partial charge < -0.3 is 19.7 Å². The Bertz CT molecular complexity index is 811. The Labute approximate surface area is 124 Å². The summed E-state index contributed by atoms with van der Waals surface area (Å²) in [7, 11) is -3.26. The molecule has 1 heterocycles. The molecule has 1 aliphatic rings. The molecule has 0 saturated carbocycles. The number of piperazine rings is 1. The summed E-state index contributed by atoms with van der Waals surface area (Å²) in [6, 6.07) is 3.91. The van der Waals surface area contributed by atoms with Crippen molar-refractivity contribution in [1.29, 1.82) is 0 Å². The summed E-state index contributed by atoms with van der Waals surface area (Å²) in [5, 5.41) is 1.69. The molecule has 0 unspecified atom stereocenters. The molecule has 0 radical (unpaired) electrons. The summed E-state index contributed by atoms with van der Waals surface area (Å²) in [5.74, 6) is -0.376. The molecule has 1 aromatic rings. The summed E-state index contributed by atoms with van der Waals surface area (Å²) < 4.78 is 124. The summed E-state index contributed by atoms with van der Waals surface area (Å²) in [5.41, 5.74) is -0.330. The second-order valence-corrected chi connectivity index (χ2v) is 2.84. The Hall–Kier alpha value is -1.26. The zero-order valence-electron chi connectivity index (χ0n) is 23.6. The molecule has 4 nitrogen and oxygen atoms in total. The van der Waals surface area contributed by atoms with E-state index in [9.17, 15) is 0 Å². The molecule has 0 amide bonds. The quantitative estimate of drug-likeness (QED) is 0.850. The molecule has 4 heteroatoms. The molecule has 94 valence electrons. The molecule has 0 aliphatic carbocycles. The predicted molar refractivity (Wildman–Crippen MR) is 68.9 cm³/mol. The minimum atomic E-state index is -3.41. The van der Waals surface area contributed by atoms with Crippen molar-refractivity contribution in [3.63, 3.8) is 0 Å². The lowest BCUT2D eigenvalue weighted by Gasteiger charge is -2.29. The summed E-state index contributed by atoms with van der Waals surface area (Å²) >= 11 is 0. The van der Waals surface area contributed by atoms with Gasteiger partial charge in [-0.3, -0.25) is 0 Å². The highest BCUT2D eigenvalue weighted by Crippen LogP contribution is 2.19. The second kappa shape index (κ2) is 6.47. The zero-order valence-corrected chi connectivity index (χ0v) is 8.57. The number of anilines is 1. The molecule has 2 rings (SSSR count). The molecule has 0 atom stereocenters. The third kappa shape index (κ3) is 3.61. The van der Waals surface area contributed by atoms with Crippen LogP contribution in [0.1, 0.15) is 20.6 Å². The van der Waals surface area contributed by atoms with Crippen LogP contribution in [0.25, 0.3) is 0 Å². The zero-order chi connectivity index (χ0) is 25.2. The fourth-order valence-electron chi connectivity index (χ4n) is 1.12. The maximum atomic E-state index is 8.06. The van der Waals surface area contributed by atoms with Gasteiger partial charge in [-0.25, -0.2) is 0 Å². The molecular formula is C13H20N2O2. The Morgan fingerprint density at radius 2 is 2.12 bits per heavy atom. The van der Waals surface area contributed by atoms with Gasteiger partial charge in [0.05, 0.1) is 21.6 Å². The number of hydrogen-bond donors (Lipinski definition) is 1. The lowest BCUT2D eigenvalue weighted by molar-refractivity contribution is 0.146. The fourth-order valence-corrected chi connectivity index (χ4v) is 1.12.